The van der Waals surface area contributed by atoms with Gasteiger partial charge in [0.25, 0.3) is 0 Å². The van der Waals surface area contributed by atoms with Gasteiger partial charge < -0.3 is 10.2 Å². The first-order valence-corrected chi connectivity index (χ1v) is 13.8. The molecule has 0 spiro atoms. The van der Waals surface area contributed by atoms with E-state index in [1.807, 2.05) is 0 Å². The van der Waals surface area contributed by atoms with E-state index in [1.165, 1.54) is 23.1 Å². The Morgan fingerprint density at radius 2 is 1.74 bits per heavy atom. The maximum absolute atomic E-state index is 13.5. The summed E-state index contributed by atoms with van der Waals surface area (Å²) >= 11 is 12.3. The zero-order chi connectivity index (χ0) is 25.8. The molecule has 2 amide bonds. The molecule has 0 unspecified atom stereocenters. The van der Waals surface area contributed by atoms with Crippen molar-refractivity contribution in [1.29, 1.82) is 0 Å². The van der Waals surface area contributed by atoms with Crippen molar-refractivity contribution in [1.82, 2.24) is 10.2 Å². The van der Waals surface area contributed by atoms with Gasteiger partial charge in [-0.15, -0.1) is 0 Å². The van der Waals surface area contributed by atoms with Crippen molar-refractivity contribution in [2.75, 3.05) is 17.1 Å². The maximum Gasteiger partial charge on any atom is 0.244 e. The van der Waals surface area contributed by atoms with Crippen LogP contribution in [0.4, 0.5) is 10.1 Å². The van der Waals surface area contributed by atoms with Crippen molar-refractivity contribution >= 4 is 50.7 Å². The van der Waals surface area contributed by atoms with Gasteiger partial charge in [-0.05, 0) is 61.7 Å². The number of hydrogen-bond donors (Lipinski definition) is 1. The van der Waals surface area contributed by atoms with E-state index in [9.17, 15) is 22.4 Å². The zero-order valence-electron chi connectivity index (χ0n) is 19.5. The van der Waals surface area contributed by atoms with E-state index in [1.54, 1.807) is 19.1 Å². The molecule has 1 aliphatic carbocycles. The third-order valence-electron chi connectivity index (χ3n) is 6.02. The topological polar surface area (TPSA) is 86.8 Å². The van der Waals surface area contributed by atoms with Crippen LogP contribution in [-0.2, 0) is 26.2 Å². The molecule has 190 valence electrons. The molecule has 2 aromatic carbocycles. The molecule has 1 N–H and O–H groups in total. The van der Waals surface area contributed by atoms with E-state index >= 15 is 0 Å². The predicted octanol–water partition coefficient (Wildman–Crippen LogP) is 4.37. The van der Waals surface area contributed by atoms with Crippen LogP contribution < -0.4 is 9.62 Å². The zero-order valence-corrected chi connectivity index (χ0v) is 21.8. The van der Waals surface area contributed by atoms with Crippen LogP contribution in [0.5, 0.6) is 0 Å². The minimum absolute atomic E-state index is 0.0326. The van der Waals surface area contributed by atoms with Crippen LogP contribution in [0.15, 0.2) is 42.5 Å². The standard InChI is InChI=1S/C24H28Cl2FN3O4S/c1-16(24(32)28-20-5-3-4-6-20)29(14-17-7-8-18(25)13-22(17)26)23(31)15-30(35(2,33)34)21-11-9-19(27)10-12-21/h7-13,16,20H,3-6,14-15H2,1-2H3,(H,28,32)/t16-/m0/s1. The summed E-state index contributed by atoms with van der Waals surface area (Å²) in [5.41, 5.74) is 0.687. The number of nitrogens with one attached hydrogen (secondary N) is 1. The van der Waals surface area contributed by atoms with Crippen LogP contribution in [0.1, 0.15) is 38.2 Å². The molecule has 0 heterocycles. The second-order valence-corrected chi connectivity index (χ2v) is 11.4. The average Bonchev–Trinajstić information content (AvgIpc) is 3.29. The molecule has 1 atom stereocenters. The quantitative estimate of drug-likeness (QED) is 0.508. The lowest BCUT2D eigenvalue weighted by Crippen LogP contribution is -2.52. The Kier molecular flexibility index (Phi) is 9.01. The lowest BCUT2D eigenvalue weighted by Gasteiger charge is -2.32. The molecule has 1 saturated carbocycles. The number of rotatable bonds is 9. The van der Waals surface area contributed by atoms with E-state index < -0.39 is 34.3 Å². The summed E-state index contributed by atoms with van der Waals surface area (Å²) in [5, 5.41) is 3.72. The van der Waals surface area contributed by atoms with E-state index in [0.717, 1.165) is 48.4 Å². The van der Waals surface area contributed by atoms with Crippen LogP contribution in [0.2, 0.25) is 10.0 Å². The molecule has 1 fully saturated rings. The van der Waals surface area contributed by atoms with Gasteiger partial charge in [0.2, 0.25) is 21.8 Å². The molecule has 3 rings (SSSR count). The molecular weight excluding hydrogens is 516 g/mol. The Morgan fingerprint density at radius 3 is 2.31 bits per heavy atom. The second kappa shape index (κ2) is 11.6. The largest absolute Gasteiger partial charge is 0.352 e. The third kappa shape index (κ3) is 7.32. The third-order valence-corrected chi connectivity index (χ3v) is 7.75. The summed E-state index contributed by atoms with van der Waals surface area (Å²) in [4.78, 5) is 27.8. The number of hydrogen-bond acceptors (Lipinski definition) is 4. The van der Waals surface area contributed by atoms with Gasteiger partial charge in [0.05, 0.1) is 11.9 Å². The molecule has 35 heavy (non-hydrogen) atoms. The molecule has 0 bridgehead atoms. The van der Waals surface area contributed by atoms with Crippen molar-refractivity contribution in [3.8, 4) is 0 Å². The number of carbonyl (C=O) groups excluding carboxylic acids is 2. The van der Waals surface area contributed by atoms with Crippen LogP contribution >= 0.6 is 23.2 Å². The number of benzene rings is 2. The fourth-order valence-electron chi connectivity index (χ4n) is 4.03. The molecule has 0 radical (unpaired) electrons. The first-order valence-electron chi connectivity index (χ1n) is 11.2. The van der Waals surface area contributed by atoms with Crippen LogP contribution in [0.25, 0.3) is 0 Å². The minimum Gasteiger partial charge on any atom is -0.352 e. The van der Waals surface area contributed by atoms with Crippen molar-refractivity contribution in [2.45, 2.75) is 51.2 Å². The van der Waals surface area contributed by atoms with Gasteiger partial charge in [-0.2, -0.15) is 0 Å². The van der Waals surface area contributed by atoms with Gasteiger partial charge in [-0.25, -0.2) is 12.8 Å². The predicted molar refractivity (Wildman–Crippen MR) is 135 cm³/mol. The second-order valence-electron chi connectivity index (χ2n) is 8.67. The average molecular weight is 544 g/mol. The van der Waals surface area contributed by atoms with Crippen LogP contribution in [-0.4, -0.2) is 50.0 Å². The number of amides is 2. The van der Waals surface area contributed by atoms with Gasteiger partial charge in [-0.1, -0.05) is 42.1 Å². The fraction of sp³-hybridized carbons (Fsp3) is 0.417. The smallest absolute Gasteiger partial charge is 0.244 e. The molecule has 2 aromatic rings. The van der Waals surface area contributed by atoms with Gasteiger partial charge in [0.15, 0.2) is 0 Å². The monoisotopic (exact) mass is 543 g/mol. The summed E-state index contributed by atoms with van der Waals surface area (Å²) in [7, 11) is -3.89. The van der Waals surface area contributed by atoms with E-state index in [4.69, 9.17) is 23.2 Å². The molecule has 0 saturated heterocycles. The first-order chi connectivity index (χ1) is 16.5. The molecule has 0 aliphatic heterocycles. The summed E-state index contributed by atoms with van der Waals surface area (Å²) < 4.78 is 39.3. The Morgan fingerprint density at radius 1 is 1.11 bits per heavy atom. The highest BCUT2D eigenvalue weighted by Gasteiger charge is 2.31. The number of sulfonamides is 1. The summed E-state index contributed by atoms with van der Waals surface area (Å²) in [6, 6.07) is 8.74. The Bertz CT molecular complexity index is 1170. The minimum atomic E-state index is -3.89. The molecule has 0 aromatic heterocycles. The number of nitrogens with zero attached hydrogens (tertiary/aromatic N) is 2. The highest BCUT2D eigenvalue weighted by atomic mass is 35.5. The fourth-order valence-corrected chi connectivity index (χ4v) is 5.35. The van der Waals surface area contributed by atoms with E-state index in [2.05, 4.69) is 5.32 Å². The Hall–Kier alpha value is -2.36. The molecule has 7 nitrogen and oxygen atoms in total. The van der Waals surface area contributed by atoms with Crippen molar-refractivity contribution in [3.63, 3.8) is 0 Å². The highest BCUT2D eigenvalue weighted by Crippen LogP contribution is 2.25. The van der Waals surface area contributed by atoms with Crippen molar-refractivity contribution in [3.05, 3.63) is 63.9 Å². The van der Waals surface area contributed by atoms with Crippen LogP contribution in [0.3, 0.4) is 0 Å². The molecular formula is C24H28Cl2FN3O4S. The molecule has 1 aliphatic rings. The normalized spacial score (nSPS) is 15.0. The Balaban J connectivity index is 1.89. The van der Waals surface area contributed by atoms with E-state index in [-0.39, 0.29) is 24.2 Å². The van der Waals surface area contributed by atoms with Gasteiger partial charge in [0.1, 0.15) is 18.4 Å². The number of halogens is 3. The first kappa shape index (κ1) is 27.2. The number of carbonyl (C=O) groups is 2. The lowest BCUT2D eigenvalue weighted by molar-refractivity contribution is -0.139. The number of anilines is 1. The van der Waals surface area contributed by atoms with Crippen molar-refractivity contribution in [2.24, 2.45) is 0 Å². The lowest BCUT2D eigenvalue weighted by atomic mass is 10.1. The molecule has 11 heteroatoms. The summed E-state index contributed by atoms with van der Waals surface area (Å²) in [5.74, 6) is -1.48. The van der Waals surface area contributed by atoms with Gasteiger partial charge in [0, 0.05) is 22.6 Å². The van der Waals surface area contributed by atoms with Gasteiger partial charge >= 0.3 is 0 Å². The summed E-state index contributed by atoms with van der Waals surface area (Å²) in [6.45, 7) is 0.987. The van der Waals surface area contributed by atoms with E-state index in [0.29, 0.717) is 15.6 Å². The summed E-state index contributed by atoms with van der Waals surface area (Å²) in [6.07, 6.45) is 4.77. The van der Waals surface area contributed by atoms with Crippen molar-refractivity contribution < 1.29 is 22.4 Å². The SMILES string of the molecule is C[C@@H](C(=O)NC1CCCC1)N(Cc1ccc(Cl)cc1Cl)C(=O)CN(c1ccc(F)cc1)S(C)(=O)=O. The van der Waals surface area contributed by atoms with Crippen LogP contribution in [0, 0.1) is 5.82 Å². The Labute approximate surface area is 215 Å². The highest BCUT2D eigenvalue weighted by molar-refractivity contribution is 7.92. The van der Waals surface area contributed by atoms with Gasteiger partial charge in [-0.3, -0.25) is 13.9 Å². The maximum atomic E-state index is 13.5.